The number of nitrogens with zero attached hydrogens (tertiary/aromatic N) is 2. The third-order valence-electron chi connectivity index (χ3n) is 5.62. The molecule has 5 rings (SSSR count). The summed E-state index contributed by atoms with van der Waals surface area (Å²) in [5.41, 5.74) is 5.59. The molecule has 0 aliphatic carbocycles. The molecule has 3 N–H and O–H groups in total. The van der Waals surface area contributed by atoms with E-state index in [-0.39, 0.29) is 29.8 Å². The summed E-state index contributed by atoms with van der Waals surface area (Å²) in [5, 5.41) is 2.97. The molecule has 35 heavy (non-hydrogen) atoms. The first-order valence-electron chi connectivity index (χ1n) is 10.7. The first-order valence-corrected chi connectivity index (χ1v) is 10.7. The van der Waals surface area contributed by atoms with Crippen LogP contribution in [0.3, 0.4) is 0 Å². The molecule has 2 heterocycles. The van der Waals surface area contributed by atoms with Crippen molar-refractivity contribution in [2.75, 3.05) is 6.79 Å². The maximum absolute atomic E-state index is 13.2. The Labute approximate surface area is 198 Å². The van der Waals surface area contributed by atoms with Crippen LogP contribution in [0.25, 0.3) is 16.6 Å². The van der Waals surface area contributed by atoms with E-state index < -0.39 is 29.6 Å². The maximum Gasteiger partial charge on any atom is 0.336 e. The molecule has 0 atom stereocenters. The highest BCUT2D eigenvalue weighted by atomic mass is 16.7. The molecule has 0 bridgehead atoms. The molecule has 0 fully saturated rings. The Morgan fingerprint density at radius 1 is 0.943 bits per heavy atom. The lowest BCUT2D eigenvalue weighted by molar-refractivity contribution is -0.118. The monoisotopic (exact) mass is 472 g/mol. The Morgan fingerprint density at radius 3 is 2.49 bits per heavy atom. The fourth-order valence-electron chi connectivity index (χ4n) is 3.96. The lowest BCUT2D eigenvalue weighted by Gasteiger charge is -2.14. The highest BCUT2D eigenvalue weighted by molar-refractivity contribution is 5.98. The average Bonchev–Trinajstić information content (AvgIpc) is 3.33. The van der Waals surface area contributed by atoms with Gasteiger partial charge in [-0.15, -0.1) is 0 Å². The lowest BCUT2D eigenvalue weighted by atomic mass is 10.1. The standard InChI is InChI=1S/C25H20N4O6/c26-22(30)13-28-19-11-16(23(31)27-12-15-6-9-20-21(10-15)35-14-34-20)7-8-18(19)24(32)29(25(28)33)17-4-2-1-3-5-17/h1-11H,12-14H2,(H2,26,30)(H,27,31). The van der Waals surface area contributed by atoms with Crippen LogP contribution in [0.1, 0.15) is 15.9 Å². The number of amides is 2. The predicted molar refractivity (Wildman–Crippen MR) is 127 cm³/mol. The zero-order chi connectivity index (χ0) is 24.5. The van der Waals surface area contributed by atoms with Crippen molar-refractivity contribution in [3.05, 3.63) is 98.7 Å². The smallest absolute Gasteiger partial charge is 0.336 e. The molecule has 4 aromatic rings. The van der Waals surface area contributed by atoms with Gasteiger partial charge in [-0.1, -0.05) is 24.3 Å². The van der Waals surface area contributed by atoms with Crippen LogP contribution in [0.5, 0.6) is 11.5 Å². The number of rotatable bonds is 6. The molecule has 10 nitrogen and oxygen atoms in total. The van der Waals surface area contributed by atoms with Gasteiger partial charge >= 0.3 is 5.69 Å². The molecular formula is C25H20N4O6. The summed E-state index contributed by atoms with van der Waals surface area (Å²) in [6.45, 7) is -0.0802. The number of hydrogen-bond acceptors (Lipinski definition) is 6. The summed E-state index contributed by atoms with van der Waals surface area (Å²) in [4.78, 5) is 51.0. The van der Waals surface area contributed by atoms with Gasteiger partial charge in [0.05, 0.1) is 16.6 Å². The molecule has 1 aromatic heterocycles. The SMILES string of the molecule is NC(=O)Cn1c(=O)n(-c2ccccc2)c(=O)c2ccc(C(=O)NCc3ccc4c(c3)OCO4)cc21. The van der Waals surface area contributed by atoms with Crippen LogP contribution < -0.4 is 31.8 Å². The Balaban J connectivity index is 1.52. The molecule has 0 unspecified atom stereocenters. The number of para-hydroxylation sites is 1. The first kappa shape index (κ1) is 22.0. The van der Waals surface area contributed by atoms with Gasteiger partial charge in [-0.05, 0) is 48.0 Å². The van der Waals surface area contributed by atoms with Crippen LogP contribution in [0.15, 0.2) is 76.3 Å². The van der Waals surface area contributed by atoms with Crippen LogP contribution in [0.4, 0.5) is 0 Å². The molecule has 0 saturated heterocycles. The lowest BCUT2D eigenvalue weighted by Crippen LogP contribution is -2.41. The van der Waals surface area contributed by atoms with Crippen molar-refractivity contribution < 1.29 is 19.1 Å². The highest BCUT2D eigenvalue weighted by Gasteiger charge is 2.18. The second-order valence-corrected chi connectivity index (χ2v) is 7.91. The van der Waals surface area contributed by atoms with E-state index in [2.05, 4.69) is 5.32 Å². The van der Waals surface area contributed by atoms with E-state index in [1.807, 2.05) is 6.07 Å². The quantitative estimate of drug-likeness (QED) is 0.434. The van der Waals surface area contributed by atoms with Gasteiger partial charge in [-0.25, -0.2) is 9.36 Å². The van der Waals surface area contributed by atoms with E-state index >= 15 is 0 Å². The zero-order valence-electron chi connectivity index (χ0n) is 18.4. The molecule has 0 spiro atoms. The molecule has 2 amide bonds. The topological polar surface area (TPSA) is 135 Å². The minimum absolute atomic E-state index is 0.140. The second-order valence-electron chi connectivity index (χ2n) is 7.91. The summed E-state index contributed by atoms with van der Waals surface area (Å²) in [6.07, 6.45) is 0. The van der Waals surface area contributed by atoms with E-state index in [1.165, 1.54) is 18.2 Å². The van der Waals surface area contributed by atoms with Crippen LogP contribution in [0, 0.1) is 0 Å². The largest absolute Gasteiger partial charge is 0.454 e. The van der Waals surface area contributed by atoms with E-state index in [1.54, 1.807) is 42.5 Å². The van der Waals surface area contributed by atoms with Crippen LogP contribution >= 0.6 is 0 Å². The summed E-state index contributed by atoms with van der Waals surface area (Å²) in [5.74, 6) is 0.0648. The first-order chi connectivity index (χ1) is 16.9. The van der Waals surface area contributed by atoms with E-state index in [0.717, 1.165) is 14.7 Å². The highest BCUT2D eigenvalue weighted by Crippen LogP contribution is 2.32. The van der Waals surface area contributed by atoms with Gasteiger partial charge in [0.1, 0.15) is 6.54 Å². The Bertz CT molecular complexity index is 1590. The van der Waals surface area contributed by atoms with Crippen LogP contribution in [0.2, 0.25) is 0 Å². The molecule has 10 heteroatoms. The van der Waals surface area contributed by atoms with Crippen molar-refractivity contribution in [1.82, 2.24) is 14.5 Å². The number of aromatic nitrogens is 2. The van der Waals surface area contributed by atoms with Crippen molar-refractivity contribution in [2.24, 2.45) is 5.73 Å². The number of nitrogens with two attached hydrogens (primary N) is 1. The minimum Gasteiger partial charge on any atom is -0.454 e. The number of ether oxygens (including phenoxy) is 2. The van der Waals surface area contributed by atoms with Gasteiger partial charge < -0.3 is 20.5 Å². The number of fused-ring (bicyclic) bond motifs is 2. The van der Waals surface area contributed by atoms with Crippen molar-refractivity contribution >= 4 is 22.7 Å². The molecule has 1 aliphatic rings. The fourth-order valence-corrected chi connectivity index (χ4v) is 3.96. The number of carbonyl (C=O) groups excluding carboxylic acids is 2. The van der Waals surface area contributed by atoms with Crippen molar-refractivity contribution in [1.29, 1.82) is 0 Å². The Kier molecular flexibility index (Phi) is 5.54. The van der Waals surface area contributed by atoms with Crippen LogP contribution in [-0.4, -0.2) is 27.7 Å². The average molecular weight is 472 g/mol. The number of primary amides is 1. The minimum atomic E-state index is -0.760. The third kappa shape index (κ3) is 4.12. The van der Waals surface area contributed by atoms with Gasteiger partial charge in [-0.3, -0.25) is 19.0 Å². The van der Waals surface area contributed by atoms with Gasteiger partial charge in [0, 0.05) is 12.1 Å². The van der Waals surface area contributed by atoms with Gasteiger partial charge in [0.2, 0.25) is 12.7 Å². The predicted octanol–water partition coefficient (Wildman–Crippen LogP) is 1.30. The molecule has 176 valence electrons. The normalized spacial score (nSPS) is 12.0. The van der Waals surface area contributed by atoms with E-state index in [4.69, 9.17) is 15.2 Å². The summed E-state index contributed by atoms with van der Waals surface area (Å²) >= 11 is 0. The van der Waals surface area contributed by atoms with Crippen LogP contribution in [-0.2, 0) is 17.9 Å². The zero-order valence-corrected chi connectivity index (χ0v) is 18.4. The summed E-state index contributed by atoms with van der Waals surface area (Å²) < 4.78 is 12.7. The second kappa shape index (κ2) is 8.82. The maximum atomic E-state index is 13.2. The third-order valence-corrected chi connectivity index (χ3v) is 5.62. The Morgan fingerprint density at radius 2 is 1.71 bits per heavy atom. The fraction of sp³-hybridized carbons (Fsp3) is 0.120. The van der Waals surface area contributed by atoms with Gasteiger partial charge in [-0.2, -0.15) is 0 Å². The number of carbonyl (C=O) groups is 2. The molecular weight excluding hydrogens is 452 g/mol. The molecule has 1 aliphatic heterocycles. The van der Waals surface area contributed by atoms with Gasteiger partial charge in [0.15, 0.2) is 11.5 Å². The Hall–Kier alpha value is -4.86. The van der Waals surface area contributed by atoms with Gasteiger partial charge in [0.25, 0.3) is 11.5 Å². The van der Waals surface area contributed by atoms with Crippen molar-refractivity contribution in [3.8, 4) is 17.2 Å². The number of benzene rings is 3. The number of nitrogens with one attached hydrogen (secondary N) is 1. The van der Waals surface area contributed by atoms with Crippen molar-refractivity contribution in [2.45, 2.75) is 13.1 Å². The summed E-state index contributed by atoms with van der Waals surface area (Å²) in [6, 6.07) is 18.1. The molecule has 0 radical (unpaired) electrons. The van der Waals surface area contributed by atoms with E-state index in [0.29, 0.717) is 17.2 Å². The molecule has 3 aromatic carbocycles. The number of hydrogen-bond donors (Lipinski definition) is 2. The summed E-state index contributed by atoms with van der Waals surface area (Å²) in [7, 11) is 0. The van der Waals surface area contributed by atoms with E-state index in [9.17, 15) is 19.2 Å². The molecule has 0 saturated carbocycles. The van der Waals surface area contributed by atoms with Crippen molar-refractivity contribution in [3.63, 3.8) is 0 Å².